The summed E-state index contributed by atoms with van der Waals surface area (Å²) in [6.07, 6.45) is -3.39. The van der Waals surface area contributed by atoms with Crippen LogP contribution in [0.25, 0.3) is 0 Å². The van der Waals surface area contributed by atoms with Gasteiger partial charge in [0.05, 0.1) is 40.3 Å². The highest BCUT2D eigenvalue weighted by atomic mass is 19.4. The van der Waals surface area contributed by atoms with Crippen LogP contribution in [0.15, 0.2) is 78.9 Å². The Labute approximate surface area is 312 Å². The minimum absolute atomic E-state index is 0.0623. The number of ether oxygens (including phenoxy) is 4. The lowest BCUT2D eigenvalue weighted by Gasteiger charge is -2.44. The van der Waals surface area contributed by atoms with Gasteiger partial charge in [0.15, 0.2) is 0 Å². The zero-order chi connectivity index (χ0) is 39.2. The van der Waals surface area contributed by atoms with Crippen molar-refractivity contribution in [3.8, 4) is 11.5 Å². The first kappa shape index (κ1) is 41.6. The largest absolute Gasteiger partial charge is 0.497 e. The maximum atomic E-state index is 13.2. The van der Waals surface area contributed by atoms with E-state index in [1.807, 2.05) is 84.2 Å². The first-order valence-corrected chi connectivity index (χ1v) is 17.8. The number of benzene rings is 3. The molecule has 1 saturated heterocycles. The molecule has 0 spiro atoms. The van der Waals surface area contributed by atoms with Gasteiger partial charge >= 0.3 is 24.0 Å². The Morgan fingerprint density at radius 1 is 0.741 bits per heavy atom. The van der Waals surface area contributed by atoms with Crippen LogP contribution in [0.1, 0.15) is 68.1 Å². The number of nitrogens with zero attached hydrogens (tertiary/aromatic N) is 1. The zero-order valence-corrected chi connectivity index (χ0v) is 30.5. The zero-order valence-electron chi connectivity index (χ0n) is 30.5. The van der Waals surface area contributed by atoms with Gasteiger partial charge in [-0.05, 0) is 66.6 Å². The summed E-state index contributed by atoms with van der Waals surface area (Å²) in [5.74, 6) is -2.55. The van der Waals surface area contributed by atoms with Gasteiger partial charge in [0, 0.05) is 31.5 Å². The van der Waals surface area contributed by atoms with Crippen LogP contribution in [0.4, 0.5) is 13.2 Å². The van der Waals surface area contributed by atoms with E-state index in [1.54, 1.807) is 19.1 Å². The van der Waals surface area contributed by atoms with E-state index in [0.717, 1.165) is 16.7 Å². The fraction of sp³-hybridized carbons (Fsp3) is 0.450. The molecule has 0 radical (unpaired) electrons. The maximum Gasteiger partial charge on any atom is 0.471 e. The monoisotopic (exact) mass is 756 g/mol. The summed E-state index contributed by atoms with van der Waals surface area (Å²) in [7, 11) is 3.17. The number of esters is 1. The molecule has 4 rings (SSSR count). The number of carboxylic acids is 1. The number of hydrogen-bond acceptors (Lipinski definition) is 8. The van der Waals surface area contributed by atoms with E-state index in [9.17, 15) is 32.3 Å². The van der Waals surface area contributed by atoms with Crippen LogP contribution in [0.2, 0.25) is 0 Å². The maximum absolute atomic E-state index is 13.2. The standard InChI is InChI=1S/C40H47F3N2O9/c1-51-32-16-12-30(13-17-32)39(29-9-5-3-6-10-29,31-14-18-33(52-2)19-15-31)54-28-38(27-53-36(49)21-20-35(47)48)22-25-45(26-23-38)34(46)11-7-4-8-24-44-37(50)40(41,42)43/h3,5-6,9-10,12-19H,4,7-8,11,20-28H2,1-2H3,(H,44,50)(H,47,48). The number of unbranched alkanes of at least 4 members (excludes halogenated alkanes) is 2. The van der Waals surface area contributed by atoms with Crippen molar-refractivity contribution in [2.75, 3.05) is 47.1 Å². The van der Waals surface area contributed by atoms with Crippen LogP contribution < -0.4 is 14.8 Å². The molecule has 2 amide bonds. The molecule has 14 heteroatoms. The van der Waals surface area contributed by atoms with Gasteiger partial charge in [-0.25, -0.2) is 0 Å². The van der Waals surface area contributed by atoms with E-state index in [2.05, 4.69) is 0 Å². The molecule has 0 aliphatic carbocycles. The van der Waals surface area contributed by atoms with Gasteiger partial charge in [-0.3, -0.25) is 19.2 Å². The van der Waals surface area contributed by atoms with Gasteiger partial charge in [-0.15, -0.1) is 0 Å². The van der Waals surface area contributed by atoms with Crippen molar-refractivity contribution in [1.82, 2.24) is 10.2 Å². The summed E-state index contributed by atoms with van der Waals surface area (Å²) in [5.41, 5.74) is 0.523. The average Bonchev–Trinajstić information content (AvgIpc) is 3.18. The van der Waals surface area contributed by atoms with E-state index in [0.29, 0.717) is 56.7 Å². The predicted molar refractivity (Wildman–Crippen MR) is 192 cm³/mol. The number of methoxy groups -OCH3 is 2. The van der Waals surface area contributed by atoms with E-state index in [-0.39, 0.29) is 44.9 Å². The number of alkyl halides is 3. The van der Waals surface area contributed by atoms with Crippen molar-refractivity contribution >= 4 is 23.8 Å². The van der Waals surface area contributed by atoms with Crippen molar-refractivity contribution in [3.63, 3.8) is 0 Å². The second-order valence-corrected chi connectivity index (χ2v) is 13.3. The average molecular weight is 757 g/mol. The highest BCUT2D eigenvalue weighted by Gasteiger charge is 2.44. The third-order valence-corrected chi connectivity index (χ3v) is 9.64. The molecule has 1 fully saturated rings. The second kappa shape index (κ2) is 19.3. The summed E-state index contributed by atoms with van der Waals surface area (Å²) < 4.78 is 61.0. The lowest BCUT2D eigenvalue weighted by atomic mass is 9.77. The number of nitrogens with one attached hydrogen (secondary N) is 1. The number of halogens is 3. The second-order valence-electron chi connectivity index (χ2n) is 13.3. The molecule has 0 saturated carbocycles. The number of hydrogen-bond donors (Lipinski definition) is 2. The van der Waals surface area contributed by atoms with Gasteiger partial charge in [-0.1, -0.05) is 61.0 Å². The molecule has 2 N–H and O–H groups in total. The third-order valence-electron chi connectivity index (χ3n) is 9.64. The van der Waals surface area contributed by atoms with Gasteiger partial charge in [0.25, 0.3) is 0 Å². The number of amides is 2. The number of carbonyl (C=O) groups excluding carboxylic acids is 3. The molecule has 11 nitrogen and oxygen atoms in total. The molecule has 3 aromatic rings. The molecule has 0 bridgehead atoms. The number of carbonyl (C=O) groups is 4. The summed E-state index contributed by atoms with van der Waals surface area (Å²) in [6.45, 7) is 0.562. The quantitative estimate of drug-likeness (QED) is 0.0823. The Bertz CT molecular complexity index is 1630. The van der Waals surface area contributed by atoms with E-state index in [1.165, 1.54) is 0 Å². The molecule has 1 aliphatic heterocycles. The number of piperidine rings is 1. The number of aliphatic carboxylic acids is 1. The highest BCUT2D eigenvalue weighted by Crippen LogP contribution is 2.44. The molecule has 0 unspecified atom stereocenters. The van der Waals surface area contributed by atoms with Gasteiger partial charge in [-0.2, -0.15) is 13.2 Å². The molecular formula is C40H47F3N2O9. The topological polar surface area (TPSA) is 141 Å². The minimum atomic E-state index is -4.93. The van der Waals surface area contributed by atoms with Crippen LogP contribution in [-0.4, -0.2) is 87.0 Å². The van der Waals surface area contributed by atoms with Crippen molar-refractivity contribution in [3.05, 3.63) is 95.6 Å². The lowest BCUT2D eigenvalue weighted by molar-refractivity contribution is -0.173. The molecule has 292 valence electrons. The summed E-state index contributed by atoms with van der Waals surface area (Å²) in [6, 6.07) is 24.8. The van der Waals surface area contributed by atoms with Crippen molar-refractivity contribution < 1.29 is 56.4 Å². The van der Waals surface area contributed by atoms with Gasteiger partial charge in [0.1, 0.15) is 17.1 Å². The van der Waals surface area contributed by atoms with E-state index in [4.69, 9.17) is 24.1 Å². The van der Waals surface area contributed by atoms with Crippen molar-refractivity contribution in [1.29, 1.82) is 0 Å². The summed E-state index contributed by atoms with van der Waals surface area (Å²) >= 11 is 0. The van der Waals surface area contributed by atoms with Crippen LogP contribution in [0.3, 0.4) is 0 Å². The predicted octanol–water partition coefficient (Wildman–Crippen LogP) is 6.27. The van der Waals surface area contributed by atoms with E-state index >= 15 is 0 Å². The van der Waals surface area contributed by atoms with E-state index < -0.39 is 35.0 Å². The first-order chi connectivity index (χ1) is 25.8. The Balaban J connectivity index is 1.56. The molecule has 0 atom stereocenters. The highest BCUT2D eigenvalue weighted by molar-refractivity contribution is 5.81. The van der Waals surface area contributed by atoms with Crippen molar-refractivity contribution in [2.24, 2.45) is 5.41 Å². The Morgan fingerprint density at radius 3 is 1.81 bits per heavy atom. The summed E-state index contributed by atoms with van der Waals surface area (Å²) in [5, 5.41) is 10.9. The SMILES string of the molecule is COc1ccc(C(OCC2(COC(=O)CCC(=O)O)CCN(C(=O)CCCCCNC(=O)C(F)(F)F)CC2)(c2ccccc2)c2ccc(OC)cc2)cc1. The van der Waals surface area contributed by atoms with Crippen LogP contribution in [0, 0.1) is 5.41 Å². The van der Waals surface area contributed by atoms with Crippen LogP contribution in [-0.2, 0) is 34.3 Å². The number of carboxylic acid groups (broad SMARTS) is 1. The fourth-order valence-corrected chi connectivity index (χ4v) is 6.45. The molecule has 54 heavy (non-hydrogen) atoms. The molecule has 0 aromatic heterocycles. The van der Waals surface area contributed by atoms with Crippen LogP contribution >= 0.6 is 0 Å². The summed E-state index contributed by atoms with van der Waals surface area (Å²) in [4.78, 5) is 49.7. The minimum Gasteiger partial charge on any atom is -0.497 e. The van der Waals surface area contributed by atoms with Crippen molar-refractivity contribution in [2.45, 2.75) is 63.1 Å². The smallest absolute Gasteiger partial charge is 0.471 e. The Kier molecular flexibility index (Phi) is 14.9. The fourth-order valence-electron chi connectivity index (χ4n) is 6.45. The van der Waals surface area contributed by atoms with Gasteiger partial charge < -0.3 is 34.3 Å². The molecule has 1 heterocycles. The Hall–Kier alpha value is -5.11. The molecule has 1 aliphatic rings. The number of likely N-dealkylation sites (tertiary alicyclic amines) is 1. The lowest BCUT2D eigenvalue weighted by Crippen LogP contribution is -2.49. The first-order valence-electron chi connectivity index (χ1n) is 17.8. The van der Waals surface area contributed by atoms with Crippen LogP contribution in [0.5, 0.6) is 11.5 Å². The third kappa shape index (κ3) is 11.2. The normalized spacial score (nSPS) is 14.2. The number of rotatable bonds is 19. The van der Waals surface area contributed by atoms with Gasteiger partial charge in [0.2, 0.25) is 5.91 Å². The Morgan fingerprint density at radius 2 is 1.30 bits per heavy atom. The molecule has 3 aromatic carbocycles. The molecular weight excluding hydrogens is 709 g/mol.